The molecule has 7 nitrogen and oxygen atoms in total. The van der Waals surface area contributed by atoms with E-state index in [0.29, 0.717) is 12.2 Å². The number of hydrogen-bond donors (Lipinski definition) is 0. The molecule has 0 radical (unpaired) electrons. The van der Waals surface area contributed by atoms with Crippen LogP contribution in [-0.4, -0.2) is 78.1 Å². The molecule has 2 saturated heterocycles. The molecule has 2 aliphatic rings. The van der Waals surface area contributed by atoms with Crippen LogP contribution in [0.15, 0.2) is 23.6 Å². The van der Waals surface area contributed by atoms with E-state index in [-0.39, 0.29) is 30.2 Å². The minimum Gasteiger partial charge on any atom is -0.336 e. The Morgan fingerprint density at radius 2 is 2.12 bits per heavy atom. The van der Waals surface area contributed by atoms with E-state index in [4.69, 9.17) is 0 Å². The van der Waals surface area contributed by atoms with Crippen molar-refractivity contribution in [3.8, 4) is 10.6 Å². The Hall–Kier alpha value is -1.71. The number of rotatable bonds is 3. The summed E-state index contributed by atoms with van der Waals surface area (Å²) < 4.78 is 26.6. The maximum Gasteiger partial charge on any atom is 0.272 e. The SMILES string of the molecule is CN(C)[C@H]1CS(=O)(=O)[C@H]2CN(C(=O)c3cc(-c4cccs4)nn3C)C[C@@H]12. The van der Waals surface area contributed by atoms with Crippen LogP contribution < -0.4 is 0 Å². The summed E-state index contributed by atoms with van der Waals surface area (Å²) in [6, 6.07) is 5.68. The summed E-state index contributed by atoms with van der Waals surface area (Å²) in [4.78, 5) is 17.7. The second kappa shape index (κ2) is 6.17. The second-order valence-corrected chi connectivity index (χ2v) is 10.5. The Morgan fingerprint density at radius 1 is 1.35 bits per heavy atom. The summed E-state index contributed by atoms with van der Waals surface area (Å²) in [7, 11) is 2.40. The zero-order valence-electron chi connectivity index (χ0n) is 15.0. The zero-order valence-corrected chi connectivity index (χ0v) is 16.6. The van der Waals surface area contributed by atoms with Gasteiger partial charge in [-0.25, -0.2) is 8.42 Å². The number of hydrogen-bond acceptors (Lipinski definition) is 6. The molecule has 1 amide bonds. The van der Waals surface area contributed by atoms with Crippen molar-refractivity contribution in [3.63, 3.8) is 0 Å². The summed E-state index contributed by atoms with van der Waals surface area (Å²) >= 11 is 1.57. The summed E-state index contributed by atoms with van der Waals surface area (Å²) in [5, 5.41) is 5.96. The molecule has 0 bridgehead atoms. The quantitative estimate of drug-likeness (QED) is 0.775. The smallest absolute Gasteiger partial charge is 0.272 e. The molecule has 4 rings (SSSR count). The number of aromatic nitrogens is 2. The lowest BCUT2D eigenvalue weighted by atomic mass is 10.00. The predicted octanol–water partition coefficient (Wildman–Crippen LogP) is 0.948. The molecular formula is C17H22N4O3S2. The van der Waals surface area contributed by atoms with Crippen LogP contribution in [0.5, 0.6) is 0 Å². The first-order valence-electron chi connectivity index (χ1n) is 8.53. The van der Waals surface area contributed by atoms with E-state index in [1.165, 1.54) is 0 Å². The van der Waals surface area contributed by atoms with Crippen LogP contribution in [0.3, 0.4) is 0 Å². The van der Waals surface area contributed by atoms with Crippen molar-refractivity contribution in [2.24, 2.45) is 13.0 Å². The van der Waals surface area contributed by atoms with Crippen LogP contribution in [0.25, 0.3) is 10.6 Å². The lowest BCUT2D eigenvalue weighted by Gasteiger charge is -2.25. The van der Waals surface area contributed by atoms with Crippen LogP contribution >= 0.6 is 11.3 Å². The fourth-order valence-electron chi connectivity index (χ4n) is 4.11. The number of amides is 1. The van der Waals surface area contributed by atoms with E-state index in [9.17, 15) is 13.2 Å². The molecule has 4 heterocycles. The molecule has 0 saturated carbocycles. The average molecular weight is 395 g/mol. The number of fused-ring (bicyclic) bond motifs is 1. The minimum atomic E-state index is -3.16. The number of sulfone groups is 1. The molecule has 0 N–H and O–H groups in total. The molecule has 3 atom stereocenters. The highest BCUT2D eigenvalue weighted by Crippen LogP contribution is 2.36. The van der Waals surface area contributed by atoms with Crippen LogP contribution in [0.1, 0.15) is 10.5 Å². The fourth-order valence-corrected chi connectivity index (χ4v) is 7.26. The summed E-state index contributed by atoms with van der Waals surface area (Å²) in [5.41, 5.74) is 1.26. The van der Waals surface area contributed by atoms with Crippen molar-refractivity contribution in [3.05, 3.63) is 29.3 Å². The van der Waals surface area contributed by atoms with E-state index in [0.717, 1.165) is 10.6 Å². The van der Waals surface area contributed by atoms with E-state index < -0.39 is 15.1 Å². The standard InChI is InChI=1S/C17H22N4O3S2/c1-19(2)14-10-26(23,24)16-9-21(8-11(14)16)17(22)13-7-12(18-20(13)3)15-5-4-6-25-15/h4-7,11,14,16H,8-10H2,1-3H3/t11-,14-,16-/m0/s1. The number of nitrogens with zero attached hydrogens (tertiary/aromatic N) is 4. The highest BCUT2D eigenvalue weighted by molar-refractivity contribution is 7.92. The molecule has 2 aromatic rings. The number of carbonyl (C=O) groups is 1. The topological polar surface area (TPSA) is 75.5 Å². The van der Waals surface area contributed by atoms with Gasteiger partial charge < -0.3 is 9.80 Å². The minimum absolute atomic E-state index is 0.0241. The zero-order chi connectivity index (χ0) is 18.6. The number of likely N-dealkylation sites (tertiary alicyclic amines) is 1. The summed E-state index contributed by atoms with van der Waals surface area (Å²) in [6.07, 6.45) is 0. The van der Waals surface area contributed by atoms with Gasteiger partial charge in [0.1, 0.15) is 11.4 Å². The van der Waals surface area contributed by atoms with E-state index in [1.807, 2.05) is 36.5 Å². The van der Waals surface area contributed by atoms with Gasteiger partial charge in [-0.15, -0.1) is 11.3 Å². The first-order chi connectivity index (χ1) is 12.3. The fraction of sp³-hybridized carbons (Fsp3) is 0.529. The van der Waals surface area contributed by atoms with Gasteiger partial charge in [0, 0.05) is 32.1 Å². The van der Waals surface area contributed by atoms with Gasteiger partial charge in [0.05, 0.1) is 15.9 Å². The van der Waals surface area contributed by atoms with Gasteiger partial charge in [0.25, 0.3) is 5.91 Å². The van der Waals surface area contributed by atoms with Crippen molar-refractivity contribution in [1.82, 2.24) is 19.6 Å². The van der Waals surface area contributed by atoms with Gasteiger partial charge in [-0.3, -0.25) is 9.48 Å². The van der Waals surface area contributed by atoms with Gasteiger partial charge in [0.15, 0.2) is 9.84 Å². The third kappa shape index (κ3) is 2.78. The third-order valence-corrected chi connectivity index (χ3v) is 8.61. The highest BCUT2D eigenvalue weighted by atomic mass is 32.2. The Bertz CT molecular complexity index is 933. The van der Waals surface area contributed by atoms with Gasteiger partial charge in [0.2, 0.25) is 0 Å². The lowest BCUT2D eigenvalue weighted by molar-refractivity contribution is 0.0768. The average Bonchev–Trinajstić information content (AvgIpc) is 3.31. The van der Waals surface area contributed by atoms with Gasteiger partial charge in [-0.2, -0.15) is 5.10 Å². The van der Waals surface area contributed by atoms with Gasteiger partial charge >= 0.3 is 0 Å². The highest BCUT2D eigenvalue weighted by Gasteiger charge is 2.53. The molecule has 9 heteroatoms. The molecule has 2 aliphatic heterocycles. The normalized spacial score (nSPS) is 27.2. The number of aryl methyl sites for hydroxylation is 1. The molecule has 26 heavy (non-hydrogen) atoms. The van der Waals surface area contributed by atoms with Crippen molar-refractivity contribution >= 4 is 27.1 Å². The molecule has 0 aromatic carbocycles. The van der Waals surface area contributed by atoms with Crippen LogP contribution in [0, 0.1) is 5.92 Å². The Labute approximate surface area is 157 Å². The molecule has 0 aliphatic carbocycles. The van der Waals surface area contributed by atoms with Crippen molar-refractivity contribution in [2.75, 3.05) is 32.9 Å². The molecule has 0 unspecified atom stereocenters. The van der Waals surface area contributed by atoms with Gasteiger partial charge in [-0.05, 0) is 31.6 Å². The number of carbonyl (C=O) groups excluding carboxylic acids is 1. The maximum absolute atomic E-state index is 13.0. The molecule has 2 fully saturated rings. The molecular weight excluding hydrogens is 372 g/mol. The van der Waals surface area contributed by atoms with E-state index in [2.05, 4.69) is 5.10 Å². The van der Waals surface area contributed by atoms with Crippen LogP contribution in [-0.2, 0) is 16.9 Å². The monoisotopic (exact) mass is 394 g/mol. The van der Waals surface area contributed by atoms with Crippen molar-refractivity contribution in [2.45, 2.75) is 11.3 Å². The maximum atomic E-state index is 13.0. The van der Waals surface area contributed by atoms with Crippen molar-refractivity contribution < 1.29 is 13.2 Å². The summed E-state index contributed by atoms with van der Waals surface area (Å²) in [5.74, 6) is 0.0138. The Kier molecular flexibility index (Phi) is 4.20. The summed E-state index contributed by atoms with van der Waals surface area (Å²) in [6.45, 7) is 0.751. The Morgan fingerprint density at radius 3 is 2.77 bits per heavy atom. The van der Waals surface area contributed by atoms with Crippen molar-refractivity contribution in [1.29, 1.82) is 0 Å². The first kappa shape index (κ1) is 17.7. The largest absolute Gasteiger partial charge is 0.336 e. The van der Waals surface area contributed by atoms with Gasteiger partial charge in [-0.1, -0.05) is 6.07 Å². The second-order valence-electron chi connectivity index (χ2n) is 7.29. The van der Waals surface area contributed by atoms with Crippen LogP contribution in [0.2, 0.25) is 0 Å². The van der Waals surface area contributed by atoms with E-state index in [1.54, 1.807) is 34.0 Å². The Balaban J connectivity index is 1.59. The lowest BCUT2D eigenvalue weighted by Crippen LogP contribution is -2.39. The predicted molar refractivity (Wildman–Crippen MR) is 101 cm³/mol. The molecule has 0 spiro atoms. The molecule has 140 valence electrons. The van der Waals surface area contributed by atoms with E-state index >= 15 is 0 Å². The van der Waals surface area contributed by atoms with Crippen LogP contribution in [0.4, 0.5) is 0 Å². The molecule has 2 aromatic heterocycles. The third-order valence-electron chi connectivity index (χ3n) is 5.49. The first-order valence-corrected chi connectivity index (χ1v) is 11.1. The number of thiophene rings is 1.